The van der Waals surface area contributed by atoms with Crippen LogP contribution in [-0.2, 0) is 16.9 Å². The second kappa shape index (κ2) is 12.4. The number of pyridine rings is 1. The smallest absolute Gasteiger partial charge is 0.261 e. The van der Waals surface area contributed by atoms with Crippen LogP contribution < -0.4 is 10.9 Å². The molecule has 8 nitrogen and oxygen atoms in total. The van der Waals surface area contributed by atoms with Gasteiger partial charge in [-0.05, 0) is 49.8 Å². The molecular formula is C33H46N4O4. The lowest BCUT2D eigenvalue weighted by Gasteiger charge is -2.52. The number of amides is 1. The standard InChI is InChI=1S/C33H46N4O4/c38-30(34-24-32(15-7-2-8-16-32)37-19-21-41-22-20-37)27-14-13-26(35-31(27)39)23-36-18-17-33(40,25-9-3-1-4-10-25)28-11-5-6-12-29(28)36/h1,3-4,9-10,13-14,28-29,40H,2,5-8,11-12,15-24H2,(H,34,38)(H,35,39)/t28-,29-,33+/m0/s1. The third-order valence-electron chi connectivity index (χ3n) is 10.5. The van der Waals surface area contributed by atoms with E-state index in [-0.39, 0.29) is 34.5 Å². The molecule has 2 aliphatic heterocycles. The van der Waals surface area contributed by atoms with E-state index in [1.807, 2.05) is 24.3 Å². The van der Waals surface area contributed by atoms with Gasteiger partial charge in [-0.15, -0.1) is 0 Å². The van der Waals surface area contributed by atoms with Crippen molar-refractivity contribution in [3.05, 3.63) is 69.6 Å². The minimum atomic E-state index is -0.810. The number of rotatable bonds is 7. The van der Waals surface area contributed by atoms with E-state index < -0.39 is 5.60 Å². The number of carbonyl (C=O) groups excluding carboxylic acids is 1. The van der Waals surface area contributed by atoms with Crippen LogP contribution in [0.1, 0.15) is 85.8 Å². The summed E-state index contributed by atoms with van der Waals surface area (Å²) in [7, 11) is 0. The molecule has 1 amide bonds. The second-order valence-electron chi connectivity index (χ2n) is 12.8. The third-order valence-corrected chi connectivity index (χ3v) is 10.5. The molecule has 3 heterocycles. The predicted molar refractivity (Wildman–Crippen MR) is 159 cm³/mol. The van der Waals surface area contributed by atoms with Crippen LogP contribution in [0.3, 0.4) is 0 Å². The number of H-pyrrole nitrogens is 1. The van der Waals surface area contributed by atoms with Crippen LogP contribution in [0.5, 0.6) is 0 Å². The average Bonchev–Trinajstić information content (AvgIpc) is 3.03. The summed E-state index contributed by atoms with van der Waals surface area (Å²) in [6.07, 6.45) is 10.7. The van der Waals surface area contributed by atoms with E-state index in [2.05, 4.69) is 32.2 Å². The van der Waals surface area contributed by atoms with Crippen LogP contribution in [0.2, 0.25) is 0 Å². The molecule has 1 aromatic carbocycles. The molecule has 0 spiro atoms. The van der Waals surface area contributed by atoms with Crippen molar-refractivity contribution in [3.63, 3.8) is 0 Å². The number of nitrogens with zero attached hydrogens (tertiary/aromatic N) is 2. The van der Waals surface area contributed by atoms with E-state index >= 15 is 0 Å². The molecule has 41 heavy (non-hydrogen) atoms. The van der Waals surface area contributed by atoms with Gasteiger partial charge in [0.15, 0.2) is 0 Å². The molecule has 4 fully saturated rings. The number of ether oxygens (including phenoxy) is 1. The van der Waals surface area contributed by atoms with Gasteiger partial charge in [0.1, 0.15) is 5.56 Å². The molecule has 8 heteroatoms. The molecule has 3 atom stereocenters. The lowest BCUT2D eigenvalue weighted by atomic mass is 9.66. The lowest BCUT2D eigenvalue weighted by Crippen LogP contribution is -2.59. The van der Waals surface area contributed by atoms with E-state index in [1.54, 1.807) is 6.07 Å². The van der Waals surface area contributed by atoms with Crippen molar-refractivity contribution in [1.82, 2.24) is 20.1 Å². The number of aromatic amines is 1. The molecule has 222 valence electrons. The Balaban J connectivity index is 1.12. The molecule has 2 saturated carbocycles. The molecule has 0 radical (unpaired) electrons. The maximum Gasteiger partial charge on any atom is 0.261 e. The molecule has 4 aliphatic rings. The largest absolute Gasteiger partial charge is 0.385 e. The highest BCUT2D eigenvalue weighted by molar-refractivity contribution is 5.93. The van der Waals surface area contributed by atoms with Crippen LogP contribution in [-0.4, -0.2) is 76.8 Å². The van der Waals surface area contributed by atoms with Crippen LogP contribution in [0.4, 0.5) is 0 Å². The summed E-state index contributed by atoms with van der Waals surface area (Å²) < 4.78 is 5.58. The van der Waals surface area contributed by atoms with Crippen LogP contribution in [0, 0.1) is 5.92 Å². The quantitative estimate of drug-likeness (QED) is 0.475. The average molecular weight is 563 g/mol. The fourth-order valence-electron chi connectivity index (χ4n) is 8.25. The Hall–Kier alpha value is -2.52. The number of benzene rings is 1. The number of aliphatic hydroxyl groups is 1. The zero-order valence-electron chi connectivity index (χ0n) is 24.3. The molecule has 0 unspecified atom stereocenters. The first-order valence-electron chi connectivity index (χ1n) is 15.8. The molecule has 2 saturated heterocycles. The summed E-state index contributed by atoms with van der Waals surface area (Å²) in [5, 5.41) is 15.0. The fraction of sp³-hybridized carbons (Fsp3) is 0.636. The molecule has 1 aromatic heterocycles. The van der Waals surface area contributed by atoms with Crippen molar-refractivity contribution in [1.29, 1.82) is 0 Å². The summed E-state index contributed by atoms with van der Waals surface area (Å²) in [6, 6.07) is 14.0. The normalized spacial score (nSPS) is 29.0. The highest BCUT2D eigenvalue weighted by Gasteiger charge is 2.49. The van der Waals surface area contributed by atoms with E-state index in [1.165, 1.54) is 19.3 Å². The Labute approximate surface area is 243 Å². The van der Waals surface area contributed by atoms with Gasteiger partial charge >= 0.3 is 0 Å². The summed E-state index contributed by atoms with van der Waals surface area (Å²) in [4.78, 5) is 34.3. The molecular weight excluding hydrogens is 516 g/mol. The fourth-order valence-corrected chi connectivity index (χ4v) is 8.25. The first-order valence-corrected chi connectivity index (χ1v) is 15.8. The minimum absolute atomic E-state index is 0.0448. The molecule has 2 aromatic rings. The van der Waals surface area contributed by atoms with Crippen molar-refractivity contribution in [2.24, 2.45) is 5.92 Å². The first-order chi connectivity index (χ1) is 20.0. The van der Waals surface area contributed by atoms with Crippen LogP contribution in [0.15, 0.2) is 47.3 Å². The van der Waals surface area contributed by atoms with E-state index in [4.69, 9.17) is 4.74 Å². The van der Waals surface area contributed by atoms with Crippen LogP contribution in [0.25, 0.3) is 0 Å². The van der Waals surface area contributed by atoms with Gasteiger partial charge in [-0.25, -0.2) is 0 Å². The Bertz CT molecular complexity index is 1240. The van der Waals surface area contributed by atoms with E-state index in [0.29, 0.717) is 19.5 Å². The molecule has 3 N–H and O–H groups in total. The lowest BCUT2D eigenvalue weighted by molar-refractivity contribution is -0.123. The van der Waals surface area contributed by atoms with E-state index in [9.17, 15) is 14.7 Å². The van der Waals surface area contributed by atoms with Gasteiger partial charge < -0.3 is 20.1 Å². The number of nitrogens with one attached hydrogen (secondary N) is 2. The number of aromatic nitrogens is 1. The number of morpholine rings is 1. The monoisotopic (exact) mass is 562 g/mol. The summed E-state index contributed by atoms with van der Waals surface area (Å²) in [5.74, 6) is -0.128. The van der Waals surface area contributed by atoms with Gasteiger partial charge in [-0.1, -0.05) is 62.4 Å². The van der Waals surface area contributed by atoms with Crippen molar-refractivity contribution < 1.29 is 14.6 Å². The van der Waals surface area contributed by atoms with Crippen molar-refractivity contribution >= 4 is 5.91 Å². The minimum Gasteiger partial charge on any atom is -0.385 e. The van der Waals surface area contributed by atoms with Gasteiger partial charge in [0.2, 0.25) is 0 Å². The third kappa shape index (κ3) is 5.89. The Morgan fingerprint density at radius 2 is 1.71 bits per heavy atom. The number of carbonyl (C=O) groups is 1. The highest BCUT2D eigenvalue weighted by atomic mass is 16.5. The second-order valence-corrected chi connectivity index (χ2v) is 12.8. The Kier molecular flexibility index (Phi) is 8.63. The van der Waals surface area contributed by atoms with Gasteiger partial charge in [-0.3, -0.25) is 19.4 Å². The van der Waals surface area contributed by atoms with Gasteiger partial charge in [0, 0.05) is 55.9 Å². The summed E-state index contributed by atoms with van der Waals surface area (Å²) >= 11 is 0. The predicted octanol–water partition coefficient (Wildman–Crippen LogP) is 3.79. The summed E-state index contributed by atoms with van der Waals surface area (Å²) in [6.45, 7) is 5.21. The topological polar surface area (TPSA) is 97.9 Å². The van der Waals surface area contributed by atoms with Gasteiger partial charge in [-0.2, -0.15) is 0 Å². The van der Waals surface area contributed by atoms with Crippen molar-refractivity contribution in [2.45, 2.75) is 87.9 Å². The van der Waals surface area contributed by atoms with Crippen LogP contribution >= 0.6 is 0 Å². The zero-order chi connectivity index (χ0) is 28.3. The summed E-state index contributed by atoms with van der Waals surface area (Å²) in [5.41, 5.74) is 0.824. The van der Waals surface area contributed by atoms with E-state index in [0.717, 1.165) is 82.6 Å². The Morgan fingerprint density at radius 3 is 2.46 bits per heavy atom. The van der Waals surface area contributed by atoms with Gasteiger partial charge in [0.05, 0.1) is 18.8 Å². The molecule has 2 aliphatic carbocycles. The Morgan fingerprint density at radius 1 is 0.951 bits per heavy atom. The maximum atomic E-state index is 13.2. The maximum absolute atomic E-state index is 13.2. The molecule has 0 bridgehead atoms. The number of hydrogen-bond acceptors (Lipinski definition) is 6. The SMILES string of the molecule is O=C(NCC1(N2CCOCC2)CCCCC1)c1ccc(CN2CC[C@@](O)(c3ccccc3)[C@H]3CCCC[C@@H]32)[nH]c1=O. The van der Waals surface area contributed by atoms with Crippen molar-refractivity contribution in [3.8, 4) is 0 Å². The van der Waals surface area contributed by atoms with Crippen molar-refractivity contribution in [2.75, 3.05) is 39.4 Å². The molecule has 6 rings (SSSR count). The number of likely N-dealkylation sites (tertiary alicyclic amines) is 1. The zero-order valence-corrected chi connectivity index (χ0v) is 24.3. The highest BCUT2D eigenvalue weighted by Crippen LogP contribution is 2.47. The first kappa shape index (κ1) is 28.6. The van der Waals surface area contributed by atoms with Gasteiger partial charge in [0.25, 0.3) is 11.5 Å². The number of piperidine rings is 1. The number of hydrogen-bond donors (Lipinski definition) is 3. The number of fused-ring (bicyclic) bond motifs is 1.